The Kier molecular flexibility index (Phi) is 3.41. The Hall–Kier alpha value is -1.85. The fourth-order valence-electron chi connectivity index (χ4n) is 1.55. The Morgan fingerprint density at radius 2 is 2.06 bits per heavy atom. The van der Waals surface area contributed by atoms with E-state index in [1.807, 2.05) is 6.92 Å². The Morgan fingerprint density at radius 1 is 1.41 bits per heavy atom. The minimum Gasteiger partial charge on any atom is -0.370 e. The number of pyridine rings is 1. The van der Waals surface area contributed by atoms with Gasteiger partial charge in [0, 0.05) is 13.1 Å². The van der Waals surface area contributed by atoms with Gasteiger partial charge in [-0.15, -0.1) is 0 Å². The van der Waals surface area contributed by atoms with Gasteiger partial charge >= 0.3 is 0 Å². The van der Waals surface area contributed by atoms with Gasteiger partial charge in [0.15, 0.2) is 0 Å². The van der Waals surface area contributed by atoms with Crippen molar-refractivity contribution in [2.45, 2.75) is 19.8 Å². The van der Waals surface area contributed by atoms with Crippen LogP contribution < -0.4 is 10.6 Å². The van der Waals surface area contributed by atoms with Gasteiger partial charge in [0.2, 0.25) is 0 Å². The summed E-state index contributed by atoms with van der Waals surface area (Å²) in [6.07, 6.45) is 2.48. The van der Waals surface area contributed by atoms with Gasteiger partial charge in [-0.05, 0) is 25.7 Å². The molecule has 1 aliphatic rings. The summed E-state index contributed by atoms with van der Waals surface area (Å²) in [6, 6.07) is 2.93. The number of anilines is 2. The summed E-state index contributed by atoms with van der Waals surface area (Å²) in [7, 11) is 0. The molecular formula is C11H16N4O2. The van der Waals surface area contributed by atoms with Crippen LogP contribution in [0, 0.1) is 16.0 Å². The van der Waals surface area contributed by atoms with E-state index in [1.165, 1.54) is 25.0 Å². The molecule has 0 radical (unpaired) electrons. The van der Waals surface area contributed by atoms with Crippen LogP contribution in [0.4, 0.5) is 17.3 Å². The fraction of sp³-hybridized carbons (Fsp3) is 0.545. The summed E-state index contributed by atoms with van der Waals surface area (Å²) in [5, 5.41) is 16.9. The quantitative estimate of drug-likeness (QED) is 0.585. The zero-order chi connectivity index (χ0) is 12.3. The van der Waals surface area contributed by atoms with Crippen LogP contribution in [0.2, 0.25) is 0 Å². The molecule has 0 aromatic carbocycles. The predicted octanol–water partition coefficient (Wildman–Crippen LogP) is 2.24. The molecule has 0 spiro atoms. The second-order valence-electron chi connectivity index (χ2n) is 4.21. The molecule has 1 fully saturated rings. The van der Waals surface area contributed by atoms with Crippen molar-refractivity contribution in [2.75, 3.05) is 23.7 Å². The summed E-state index contributed by atoms with van der Waals surface area (Å²) < 4.78 is 0. The van der Waals surface area contributed by atoms with E-state index < -0.39 is 4.92 Å². The number of aromatic nitrogens is 1. The standard InChI is InChI=1S/C11H16N4O2/c1-2-12-10-5-9(15(16)17)6-11(14-10)13-7-8-3-4-8/h5-6,8H,2-4,7H2,1H3,(H2,12,13,14). The lowest BCUT2D eigenvalue weighted by molar-refractivity contribution is -0.384. The van der Waals surface area contributed by atoms with Gasteiger partial charge in [-0.3, -0.25) is 10.1 Å². The van der Waals surface area contributed by atoms with E-state index in [4.69, 9.17) is 0 Å². The smallest absolute Gasteiger partial charge is 0.276 e. The van der Waals surface area contributed by atoms with E-state index in [9.17, 15) is 10.1 Å². The van der Waals surface area contributed by atoms with Crippen LogP contribution in [0.1, 0.15) is 19.8 Å². The first-order valence-electron chi connectivity index (χ1n) is 5.83. The van der Waals surface area contributed by atoms with Gasteiger partial charge in [0.05, 0.1) is 17.1 Å². The minimum absolute atomic E-state index is 0.0641. The number of nitrogens with zero attached hydrogens (tertiary/aromatic N) is 2. The molecule has 0 amide bonds. The highest BCUT2D eigenvalue weighted by Crippen LogP contribution is 2.29. The predicted molar refractivity (Wildman–Crippen MR) is 66.3 cm³/mol. The number of nitrogens with one attached hydrogen (secondary N) is 2. The van der Waals surface area contributed by atoms with Gasteiger partial charge < -0.3 is 10.6 Å². The van der Waals surface area contributed by atoms with E-state index >= 15 is 0 Å². The molecule has 1 aromatic rings. The summed E-state index contributed by atoms with van der Waals surface area (Å²) >= 11 is 0. The first-order valence-corrected chi connectivity index (χ1v) is 5.83. The van der Waals surface area contributed by atoms with Crippen LogP contribution in [0.5, 0.6) is 0 Å². The molecule has 0 aliphatic heterocycles. The van der Waals surface area contributed by atoms with Crippen LogP contribution >= 0.6 is 0 Å². The van der Waals surface area contributed by atoms with Gasteiger partial charge in [-0.2, -0.15) is 0 Å². The van der Waals surface area contributed by atoms with E-state index in [1.54, 1.807) is 0 Å². The fourth-order valence-corrected chi connectivity index (χ4v) is 1.55. The zero-order valence-electron chi connectivity index (χ0n) is 9.77. The largest absolute Gasteiger partial charge is 0.370 e. The average Bonchev–Trinajstić information content (AvgIpc) is 3.10. The minimum atomic E-state index is -0.398. The van der Waals surface area contributed by atoms with E-state index in [-0.39, 0.29) is 5.69 Å². The molecule has 2 N–H and O–H groups in total. The highest BCUT2D eigenvalue weighted by Gasteiger charge is 2.21. The first kappa shape index (κ1) is 11.6. The van der Waals surface area contributed by atoms with E-state index in [0.717, 1.165) is 6.54 Å². The lowest BCUT2D eigenvalue weighted by Gasteiger charge is -2.07. The van der Waals surface area contributed by atoms with Gasteiger partial charge in [-0.1, -0.05) is 0 Å². The molecule has 92 valence electrons. The monoisotopic (exact) mass is 236 g/mol. The summed E-state index contributed by atoms with van der Waals surface area (Å²) in [6.45, 7) is 3.47. The molecule has 0 saturated heterocycles. The summed E-state index contributed by atoms with van der Waals surface area (Å²) in [5.41, 5.74) is 0.0641. The zero-order valence-corrected chi connectivity index (χ0v) is 9.77. The molecule has 1 aliphatic carbocycles. The molecule has 2 rings (SSSR count). The van der Waals surface area contributed by atoms with Crippen molar-refractivity contribution in [3.8, 4) is 0 Å². The van der Waals surface area contributed by atoms with Crippen molar-refractivity contribution in [1.82, 2.24) is 4.98 Å². The van der Waals surface area contributed by atoms with Gasteiger partial charge in [-0.25, -0.2) is 4.98 Å². The molecule has 17 heavy (non-hydrogen) atoms. The van der Waals surface area contributed by atoms with Crippen molar-refractivity contribution < 1.29 is 4.92 Å². The Balaban J connectivity index is 2.13. The third kappa shape index (κ3) is 3.30. The van der Waals surface area contributed by atoms with E-state index in [2.05, 4.69) is 15.6 Å². The maximum absolute atomic E-state index is 10.8. The maximum Gasteiger partial charge on any atom is 0.276 e. The molecule has 0 unspecified atom stereocenters. The SMILES string of the molecule is CCNc1cc([N+](=O)[O-])cc(NCC2CC2)n1. The average molecular weight is 236 g/mol. The van der Waals surface area contributed by atoms with Crippen molar-refractivity contribution in [2.24, 2.45) is 5.92 Å². The molecular weight excluding hydrogens is 220 g/mol. The second kappa shape index (κ2) is 4.99. The normalized spacial score (nSPS) is 14.4. The number of rotatable bonds is 6. The lowest BCUT2D eigenvalue weighted by Crippen LogP contribution is -2.08. The van der Waals surface area contributed by atoms with E-state index in [0.29, 0.717) is 24.1 Å². The van der Waals surface area contributed by atoms with Gasteiger partial charge in [0.1, 0.15) is 11.6 Å². The first-order chi connectivity index (χ1) is 8.19. The summed E-state index contributed by atoms with van der Waals surface area (Å²) in [4.78, 5) is 14.7. The van der Waals surface area contributed by atoms with Crippen molar-refractivity contribution in [3.05, 3.63) is 22.2 Å². The molecule has 1 saturated carbocycles. The van der Waals surface area contributed by atoms with Crippen LogP contribution in [-0.2, 0) is 0 Å². The Labute approximate surface area is 99.6 Å². The molecule has 0 bridgehead atoms. The molecule has 6 nitrogen and oxygen atoms in total. The molecule has 6 heteroatoms. The highest BCUT2D eigenvalue weighted by atomic mass is 16.6. The van der Waals surface area contributed by atoms with Crippen molar-refractivity contribution >= 4 is 17.3 Å². The third-order valence-electron chi connectivity index (χ3n) is 2.65. The van der Waals surface area contributed by atoms with Crippen LogP contribution in [0.3, 0.4) is 0 Å². The molecule has 0 atom stereocenters. The summed E-state index contributed by atoms with van der Waals surface area (Å²) in [5.74, 6) is 1.82. The van der Waals surface area contributed by atoms with Crippen molar-refractivity contribution in [3.63, 3.8) is 0 Å². The van der Waals surface area contributed by atoms with Crippen LogP contribution in [0.15, 0.2) is 12.1 Å². The Bertz CT molecular complexity index is 418. The lowest BCUT2D eigenvalue weighted by atomic mass is 10.3. The molecule has 1 heterocycles. The Morgan fingerprint density at radius 3 is 2.59 bits per heavy atom. The van der Waals surface area contributed by atoms with Gasteiger partial charge in [0.25, 0.3) is 5.69 Å². The topological polar surface area (TPSA) is 80.1 Å². The van der Waals surface area contributed by atoms with Crippen LogP contribution in [0.25, 0.3) is 0 Å². The molecule has 1 aromatic heterocycles. The second-order valence-corrected chi connectivity index (χ2v) is 4.21. The maximum atomic E-state index is 10.8. The number of hydrogen-bond donors (Lipinski definition) is 2. The number of hydrogen-bond acceptors (Lipinski definition) is 5. The third-order valence-corrected chi connectivity index (χ3v) is 2.65. The van der Waals surface area contributed by atoms with Crippen molar-refractivity contribution in [1.29, 1.82) is 0 Å². The highest BCUT2D eigenvalue weighted by molar-refractivity contribution is 5.54. The van der Waals surface area contributed by atoms with Crippen LogP contribution in [-0.4, -0.2) is 23.0 Å². The number of nitro groups is 1.